The van der Waals surface area contributed by atoms with Crippen molar-refractivity contribution in [3.63, 3.8) is 0 Å². The van der Waals surface area contributed by atoms with Gasteiger partial charge in [0.1, 0.15) is 0 Å². The standard InChI is InChI=1S/C24H35NOS/c1-4-16-13-17-14-18(26)7-9-23(17,2)20-8-10-24(3)19(22(16)20)5-6-21(24)25-11-12-27-15-25/h6,11-13,16,18-20,22,26H,4-5,7-10,14-15H2,1-3H3/t16-,18+,19+,20+,22+,23+,24+/m1/s1. The van der Waals surface area contributed by atoms with E-state index in [2.05, 4.69) is 49.4 Å². The molecule has 1 aliphatic heterocycles. The number of fused-ring (bicyclic) bond motifs is 5. The number of aliphatic hydroxyl groups excluding tert-OH is 1. The zero-order chi connectivity index (χ0) is 18.8. The molecular formula is C24H35NOS. The van der Waals surface area contributed by atoms with E-state index in [1.807, 2.05) is 11.8 Å². The van der Waals surface area contributed by atoms with Crippen LogP contribution in [0.1, 0.15) is 65.7 Å². The highest BCUT2D eigenvalue weighted by Crippen LogP contribution is 2.66. The normalized spacial score (nSPS) is 48.6. The van der Waals surface area contributed by atoms with Crippen molar-refractivity contribution in [1.29, 1.82) is 0 Å². The zero-order valence-corrected chi connectivity index (χ0v) is 18.0. The quantitative estimate of drug-likeness (QED) is 0.597. The third-order valence-corrected chi connectivity index (χ3v) is 9.86. The molecule has 7 atom stereocenters. The van der Waals surface area contributed by atoms with Gasteiger partial charge in [-0.1, -0.05) is 38.5 Å². The molecule has 1 N–H and O–H groups in total. The van der Waals surface area contributed by atoms with Gasteiger partial charge in [-0.3, -0.25) is 0 Å². The molecule has 0 bridgehead atoms. The smallest absolute Gasteiger partial charge is 0.0720 e. The van der Waals surface area contributed by atoms with Gasteiger partial charge < -0.3 is 10.0 Å². The van der Waals surface area contributed by atoms with Crippen LogP contribution in [0.2, 0.25) is 0 Å². The number of thioether (sulfide) groups is 1. The van der Waals surface area contributed by atoms with E-state index < -0.39 is 0 Å². The third-order valence-electron chi connectivity index (χ3n) is 9.12. The minimum atomic E-state index is -0.105. The maximum atomic E-state index is 10.3. The van der Waals surface area contributed by atoms with Gasteiger partial charge >= 0.3 is 0 Å². The fourth-order valence-corrected chi connectivity index (χ4v) is 8.33. The van der Waals surface area contributed by atoms with Gasteiger partial charge in [0.25, 0.3) is 0 Å². The summed E-state index contributed by atoms with van der Waals surface area (Å²) in [7, 11) is 0. The average Bonchev–Trinajstić information content (AvgIpc) is 3.28. The number of hydrogen-bond donors (Lipinski definition) is 1. The molecule has 4 aliphatic carbocycles. The highest BCUT2D eigenvalue weighted by Gasteiger charge is 2.59. The first-order valence-corrected chi connectivity index (χ1v) is 12.2. The molecule has 5 rings (SSSR count). The molecule has 5 aliphatic rings. The van der Waals surface area contributed by atoms with Crippen LogP contribution in [0.5, 0.6) is 0 Å². The van der Waals surface area contributed by atoms with Crippen LogP contribution < -0.4 is 0 Å². The van der Waals surface area contributed by atoms with E-state index in [-0.39, 0.29) is 6.10 Å². The molecule has 0 radical (unpaired) electrons. The van der Waals surface area contributed by atoms with Crippen molar-refractivity contribution in [3.8, 4) is 0 Å². The summed E-state index contributed by atoms with van der Waals surface area (Å²) >= 11 is 1.92. The topological polar surface area (TPSA) is 23.5 Å². The van der Waals surface area contributed by atoms with E-state index in [1.165, 1.54) is 32.1 Å². The number of allylic oxidation sites excluding steroid dienone is 3. The van der Waals surface area contributed by atoms with Crippen LogP contribution in [-0.4, -0.2) is 22.0 Å². The maximum Gasteiger partial charge on any atom is 0.0720 e. The first-order chi connectivity index (χ1) is 13.0. The van der Waals surface area contributed by atoms with Crippen LogP contribution in [-0.2, 0) is 0 Å². The minimum Gasteiger partial charge on any atom is -0.393 e. The predicted molar refractivity (Wildman–Crippen MR) is 114 cm³/mol. The van der Waals surface area contributed by atoms with Crippen LogP contribution in [0.4, 0.5) is 0 Å². The molecule has 1 heterocycles. The van der Waals surface area contributed by atoms with E-state index >= 15 is 0 Å². The summed E-state index contributed by atoms with van der Waals surface area (Å²) in [5.74, 6) is 4.20. The molecular weight excluding hydrogens is 350 g/mol. The number of nitrogens with zero attached hydrogens (tertiary/aromatic N) is 1. The van der Waals surface area contributed by atoms with Crippen molar-refractivity contribution in [2.24, 2.45) is 34.5 Å². The van der Waals surface area contributed by atoms with Crippen molar-refractivity contribution in [1.82, 2.24) is 4.90 Å². The Labute approximate surface area is 169 Å². The lowest BCUT2D eigenvalue weighted by atomic mass is 9.45. The van der Waals surface area contributed by atoms with Crippen molar-refractivity contribution in [2.75, 3.05) is 5.88 Å². The lowest BCUT2D eigenvalue weighted by Crippen LogP contribution is -2.53. The average molecular weight is 386 g/mol. The highest BCUT2D eigenvalue weighted by molar-refractivity contribution is 8.02. The first-order valence-electron chi connectivity index (χ1n) is 11.1. The summed E-state index contributed by atoms with van der Waals surface area (Å²) in [4.78, 5) is 2.52. The molecule has 0 aromatic carbocycles. The van der Waals surface area contributed by atoms with E-state index in [0.29, 0.717) is 16.7 Å². The van der Waals surface area contributed by atoms with Gasteiger partial charge in [-0.15, -0.1) is 11.8 Å². The molecule has 2 nitrogen and oxygen atoms in total. The SMILES string of the molecule is CC[C@@H]1C=C2C[C@@H](O)CC[C@]2(C)[C@H]2CC[C@]3(C)C(N4C=CSC4)=CC[C@H]3[C@H]12. The number of rotatable bonds is 2. The summed E-state index contributed by atoms with van der Waals surface area (Å²) in [5, 5.41) is 12.6. The van der Waals surface area contributed by atoms with Crippen LogP contribution >= 0.6 is 11.8 Å². The maximum absolute atomic E-state index is 10.3. The molecule has 3 heteroatoms. The Morgan fingerprint density at radius 2 is 2.00 bits per heavy atom. The van der Waals surface area contributed by atoms with E-state index in [9.17, 15) is 5.11 Å². The summed E-state index contributed by atoms with van der Waals surface area (Å²) in [6.45, 7) is 7.50. The van der Waals surface area contributed by atoms with Crippen molar-refractivity contribution >= 4 is 11.8 Å². The van der Waals surface area contributed by atoms with Crippen LogP contribution in [0, 0.1) is 34.5 Å². The molecule has 148 valence electrons. The van der Waals surface area contributed by atoms with Crippen LogP contribution in [0.15, 0.2) is 35.0 Å². The Hall–Kier alpha value is -0.670. The second-order valence-electron chi connectivity index (χ2n) is 10.2. The van der Waals surface area contributed by atoms with Gasteiger partial charge in [0.2, 0.25) is 0 Å². The third kappa shape index (κ3) is 2.56. The van der Waals surface area contributed by atoms with Crippen molar-refractivity contribution in [3.05, 3.63) is 35.0 Å². The predicted octanol–water partition coefficient (Wildman–Crippen LogP) is 5.92. The second kappa shape index (κ2) is 6.42. The summed E-state index contributed by atoms with van der Waals surface area (Å²) in [6.07, 6.45) is 15.7. The molecule has 27 heavy (non-hydrogen) atoms. The van der Waals surface area contributed by atoms with Crippen LogP contribution in [0.3, 0.4) is 0 Å². The van der Waals surface area contributed by atoms with Gasteiger partial charge in [0.15, 0.2) is 0 Å². The van der Waals surface area contributed by atoms with Gasteiger partial charge in [0.05, 0.1) is 12.0 Å². The highest BCUT2D eigenvalue weighted by atomic mass is 32.2. The molecule has 0 aromatic heterocycles. The lowest BCUT2D eigenvalue weighted by molar-refractivity contribution is -0.0557. The Morgan fingerprint density at radius 3 is 2.74 bits per heavy atom. The summed E-state index contributed by atoms with van der Waals surface area (Å²) in [5.41, 5.74) is 3.90. The summed E-state index contributed by atoms with van der Waals surface area (Å²) in [6, 6.07) is 0. The molecule has 2 saturated carbocycles. The number of hydrogen-bond acceptors (Lipinski definition) is 3. The van der Waals surface area contributed by atoms with Gasteiger partial charge in [-0.25, -0.2) is 0 Å². The molecule has 0 saturated heterocycles. The molecule has 2 fully saturated rings. The lowest BCUT2D eigenvalue weighted by Gasteiger charge is -2.60. The Morgan fingerprint density at radius 1 is 1.19 bits per heavy atom. The van der Waals surface area contributed by atoms with Gasteiger partial charge in [0, 0.05) is 17.3 Å². The molecule has 0 aromatic rings. The Balaban J connectivity index is 1.51. The van der Waals surface area contributed by atoms with Gasteiger partial charge in [-0.05, 0) is 79.4 Å². The molecule has 0 spiro atoms. The Bertz CT molecular complexity index is 711. The largest absolute Gasteiger partial charge is 0.393 e. The van der Waals surface area contributed by atoms with Gasteiger partial charge in [-0.2, -0.15) is 0 Å². The van der Waals surface area contributed by atoms with Crippen LogP contribution in [0.25, 0.3) is 0 Å². The zero-order valence-electron chi connectivity index (χ0n) is 17.2. The second-order valence-corrected chi connectivity index (χ2v) is 11.1. The minimum absolute atomic E-state index is 0.105. The van der Waals surface area contributed by atoms with Crippen molar-refractivity contribution in [2.45, 2.75) is 71.8 Å². The summed E-state index contributed by atoms with van der Waals surface area (Å²) < 4.78 is 0. The van der Waals surface area contributed by atoms with E-state index in [4.69, 9.17) is 0 Å². The van der Waals surface area contributed by atoms with Crippen molar-refractivity contribution < 1.29 is 5.11 Å². The van der Waals surface area contributed by atoms with E-state index in [1.54, 1.807) is 11.3 Å². The first kappa shape index (κ1) is 18.4. The fraction of sp³-hybridized carbons (Fsp3) is 0.750. The molecule has 0 amide bonds. The molecule has 0 unspecified atom stereocenters. The number of aliphatic hydroxyl groups is 1. The Kier molecular flexibility index (Phi) is 4.37. The monoisotopic (exact) mass is 385 g/mol. The fourth-order valence-electron chi connectivity index (χ4n) is 7.62. The van der Waals surface area contributed by atoms with E-state index in [0.717, 1.165) is 36.5 Å².